The maximum atomic E-state index is 13.6. The fraction of sp³-hybridized carbons (Fsp3) is 1.00. The van der Waals surface area contributed by atoms with Crippen molar-refractivity contribution in [1.82, 2.24) is 0 Å². The second-order valence-electron chi connectivity index (χ2n) is 4.39. The van der Waals surface area contributed by atoms with Crippen molar-refractivity contribution in [1.29, 1.82) is 0 Å². The van der Waals surface area contributed by atoms with Crippen molar-refractivity contribution in [3.05, 3.63) is 0 Å². The predicted octanol–water partition coefficient (Wildman–Crippen LogP) is 2.40. The van der Waals surface area contributed by atoms with Crippen molar-refractivity contribution in [2.45, 2.75) is 44.6 Å². The Hall–Kier alpha value is -0.250. The van der Waals surface area contributed by atoms with Crippen LogP contribution in [0.1, 0.15) is 20.8 Å². The number of rotatable bonds is 0. The third-order valence-electron chi connectivity index (χ3n) is 3.62. The second-order valence-corrected chi connectivity index (χ2v) is 4.39. The molecule has 0 aliphatic carbocycles. The number of halogens is 3. The summed E-state index contributed by atoms with van der Waals surface area (Å²) in [4.78, 5) is 0. The molecule has 4 heteroatoms. The van der Waals surface area contributed by atoms with Crippen LogP contribution in [0.4, 0.5) is 13.2 Å². The van der Waals surface area contributed by atoms with Crippen LogP contribution in [-0.4, -0.2) is 23.8 Å². The van der Waals surface area contributed by atoms with Crippen LogP contribution in [0.5, 0.6) is 0 Å². The van der Waals surface area contributed by atoms with Crippen molar-refractivity contribution in [3.8, 4) is 0 Å². The third kappa shape index (κ3) is 0.827. The van der Waals surface area contributed by atoms with Gasteiger partial charge in [-0.05, 0) is 18.8 Å². The summed E-state index contributed by atoms with van der Waals surface area (Å²) >= 11 is 0. The molecule has 5 unspecified atom stereocenters. The molecule has 2 heterocycles. The minimum Gasteiger partial charge on any atom is -0.364 e. The van der Waals surface area contributed by atoms with E-state index in [1.54, 1.807) is 13.8 Å². The molecule has 0 saturated carbocycles. The molecule has 0 N–H and O–H groups in total. The Morgan fingerprint density at radius 1 is 1.00 bits per heavy atom. The van der Waals surface area contributed by atoms with Crippen molar-refractivity contribution < 1.29 is 17.9 Å². The molecule has 0 aromatic carbocycles. The van der Waals surface area contributed by atoms with Crippen LogP contribution in [0, 0.1) is 11.8 Å². The molecule has 2 bridgehead atoms. The van der Waals surface area contributed by atoms with Gasteiger partial charge in [-0.25, -0.2) is 13.2 Å². The predicted molar refractivity (Wildman–Crippen MR) is 41.4 cm³/mol. The highest BCUT2D eigenvalue weighted by Gasteiger charge is 2.75. The van der Waals surface area contributed by atoms with Gasteiger partial charge in [-0.1, -0.05) is 13.8 Å². The molecule has 0 spiro atoms. The molecule has 0 radical (unpaired) electrons. The van der Waals surface area contributed by atoms with Crippen LogP contribution in [0.15, 0.2) is 0 Å². The molecule has 2 aliphatic rings. The summed E-state index contributed by atoms with van der Waals surface area (Å²) in [5.74, 6) is -3.72. The third-order valence-corrected chi connectivity index (χ3v) is 3.62. The molecule has 2 saturated heterocycles. The number of alkyl halides is 3. The fourth-order valence-corrected chi connectivity index (χ4v) is 2.46. The lowest BCUT2D eigenvalue weighted by Crippen LogP contribution is -2.56. The monoisotopic (exact) mass is 194 g/mol. The maximum absolute atomic E-state index is 13.6. The lowest BCUT2D eigenvalue weighted by molar-refractivity contribution is -0.155. The highest BCUT2D eigenvalue weighted by Crippen LogP contribution is 2.58. The minimum absolute atomic E-state index is 0.125. The summed E-state index contributed by atoms with van der Waals surface area (Å²) in [7, 11) is 0. The summed E-state index contributed by atoms with van der Waals surface area (Å²) in [6.45, 7) is 4.40. The number of fused-ring (bicyclic) bond motifs is 2. The molecule has 2 rings (SSSR count). The van der Waals surface area contributed by atoms with Gasteiger partial charge in [0.2, 0.25) is 0 Å². The Bertz CT molecular complexity index is 215. The van der Waals surface area contributed by atoms with E-state index in [9.17, 15) is 13.2 Å². The largest absolute Gasteiger partial charge is 0.364 e. The van der Waals surface area contributed by atoms with E-state index in [4.69, 9.17) is 4.74 Å². The average molecular weight is 194 g/mol. The van der Waals surface area contributed by atoms with Gasteiger partial charge in [0.15, 0.2) is 5.67 Å². The topological polar surface area (TPSA) is 9.23 Å². The van der Waals surface area contributed by atoms with Gasteiger partial charge >= 0.3 is 5.92 Å². The lowest BCUT2D eigenvalue weighted by atomic mass is 9.72. The smallest absolute Gasteiger partial charge is 0.309 e. The highest BCUT2D eigenvalue weighted by atomic mass is 19.3. The zero-order chi connectivity index (χ0) is 10.0. The second kappa shape index (κ2) is 2.22. The molecular weight excluding hydrogens is 181 g/mol. The first-order valence-corrected chi connectivity index (χ1v) is 4.52. The Morgan fingerprint density at radius 3 is 1.85 bits per heavy atom. The molecule has 5 atom stereocenters. The van der Waals surface area contributed by atoms with Crippen molar-refractivity contribution in [2.75, 3.05) is 0 Å². The van der Waals surface area contributed by atoms with Crippen molar-refractivity contribution >= 4 is 0 Å². The van der Waals surface area contributed by atoms with Crippen LogP contribution in [0.2, 0.25) is 0 Å². The normalized spacial score (nSPS) is 58.6. The minimum atomic E-state index is -3.33. The van der Waals surface area contributed by atoms with E-state index in [0.717, 1.165) is 6.92 Å². The van der Waals surface area contributed by atoms with Gasteiger partial charge in [0.25, 0.3) is 0 Å². The first-order chi connectivity index (χ1) is 5.80. The van der Waals surface area contributed by atoms with E-state index >= 15 is 0 Å². The molecule has 2 fully saturated rings. The Morgan fingerprint density at radius 2 is 1.46 bits per heavy atom. The van der Waals surface area contributed by atoms with Gasteiger partial charge < -0.3 is 4.74 Å². The molecule has 0 aromatic rings. The Balaban J connectivity index is 2.40. The van der Waals surface area contributed by atoms with Gasteiger partial charge in [-0.15, -0.1) is 0 Å². The molecule has 0 amide bonds. The van der Waals surface area contributed by atoms with Gasteiger partial charge in [0.1, 0.15) is 12.2 Å². The van der Waals surface area contributed by atoms with E-state index < -0.39 is 23.8 Å². The van der Waals surface area contributed by atoms with Crippen LogP contribution in [-0.2, 0) is 4.74 Å². The lowest BCUT2D eigenvalue weighted by Gasteiger charge is -2.37. The summed E-state index contributed by atoms with van der Waals surface area (Å²) in [5.41, 5.74) is -2.50. The molecule has 76 valence electrons. The van der Waals surface area contributed by atoms with E-state index in [1.807, 2.05) is 0 Å². The Labute approximate surface area is 75.3 Å². The van der Waals surface area contributed by atoms with Crippen LogP contribution < -0.4 is 0 Å². The number of hydrogen-bond donors (Lipinski definition) is 0. The van der Waals surface area contributed by atoms with Crippen molar-refractivity contribution in [3.63, 3.8) is 0 Å². The van der Waals surface area contributed by atoms with Gasteiger partial charge in [-0.2, -0.15) is 0 Å². The molecular formula is C9H13F3O. The van der Waals surface area contributed by atoms with Gasteiger partial charge in [0, 0.05) is 0 Å². The van der Waals surface area contributed by atoms with Crippen molar-refractivity contribution in [2.24, 2.45) is 11.8 Å². The quantitative estimate of drug-likeness (QED) is 0.575. The summed E-state index contributed by atoms with van der Waals surface area (Å²) < 4.78 is 45.3. The fourth-order valence-electron chi connectivity index (χ4n) is 2.46. The van der Waals surface area contributed by atoms with Crippen LogP contribution in [0.25, 0.3) is 0 Å². The van der Waals surface area contributed by atoms with Gasteiger partial charge in [-0.3, -0.25) is 0 Å². The summed E-state index contributed by atoms with van der Waals surface area (Å²) in [6.07, 6.45) is -2.18. The zero-order valence-corrected chi connectivity index (χ0v) is 7.85. The maximum Gasteiger partial charge on any atom is 0.309 e. The number of ether oxygens (including phenoxy) is 1. The molecule has 2 aliphatic heterocycles. The van der Waals surface area contributed by atoms with E-state index in [2.05, 4.69) is 0 Å². The van der Waals surface area contributed by atoms with Crippen LogP contribution in [0.3, 0.4) is 0 Å². The standard InChI is InChI=1S/C9H13F3O/c1-4-5(2)7-9(11,12)8(3,10)6(4)13-7/h4-7H,1-3H3. The van der Waals surface area contributed by atoms with E-state index in [-0.39, 0.29) is 11.8 Å². The Kier molecular flexibility index (Phi) is 1.59. The van der Waals surface area contributed by atoms with E-state index in [1.165, 1.54) is 0 Å². The summed E-state index contributed by atoms with van der Waals surface area (Å²) in [6, 6.07) is 0. The first-order valence-electron chi connectivity index (χ1n) is 4.52. The molecule has 1 nitrogen and oxygen atoms in total. The molecule has 0 aromatic heterocycles. The molecule has 13 heavy (non-hydrogen) atoms. The number of hydrogen-bond acceptors (Lipinski definition) is 1. The average Bonchev–Trinajstić information content (AvgIpc) is 2.36. The van der Waals surface area contributed by atoms with E-state index in [0.29, 0.717) is 0 Å². The first kappa shape index (κ1) is 9.31. The zero-order valence-electron chi connectivity index (χ0n) is 7.85. The van der Waals surface area contributed by atoms with Crippen LogP contribution >= 0.6 is 0 Å². The highest BCUT2D eigenvalue weighted by molar-refractivity contribution is 5.15. The summed E-state index contributed by atoms with van der Waals surface area (Å²) in [5, 5.41) is 0. The van der Waals surface area contributed by atoms with Gasteiger partial charge in [0.05, 0.1) is 0 Å². The SMILES string of the molecule is CC1C(C)C2OC1C(C)(F)C2(F)F.